The Hall–Kier alpha value is -1.24. The number of benzene rings is 1. The Kier molecular flexibility index (Phi) is 4.26. The van der Waals surface area contributed by atoms with E-state index in [9.17, 15) is 21.6 Å². The van der Waals surface area contributed by atoms with Gasteiger partial charge in [-0.15, -0.1) is 0 Å². The number of aryl methyl sites for hydroxylation is 1. The van der Waals surface area contributed by atoms with E-state index in [1.54, 1.807) is 6.92 Å². The number of hydrogen-bond donors (Lipinski definition) is 1. The molecule has 0 aliphatic heterocycles. The van der Waals surface area contributed by atoms with E-state index in [2.05, 4.69) is 0 Å². The predicted molar refractivity (Wildman–Crippen MR) is 62.9 cm³/mol. The maximum Gasteiger partial charge on any atom is 0.389 e. The second-order valence-electron chi connectivity index (χ2n) is 4.06. The normalized spacial score (nSPS) is 12.7. The van der Waals surface area contributed by atoms with Gasteiger partial charge in [-0.1, -0.05) is 0 Å². The standard InChI is InChI=1S/C11H14F3NO2S/c1-8-7-9(3-4-10(8)15)18(16,17)6-2-5-11(12,13)14/h3-4,7H,2,5-6,15H2,1H3. The van der Waals surface area contributed by atoms with Crippen LogP contribution in [-0.4, -0.2) is 20.3 Å². The summed E-state index contributed by atoms with van der Waals surface area (Å²) in [6.07, 6.45) is -5.86. The van der Waals surface area contributed by atoms with E-state index in [0.29, 0.717) is 11.3 Å². The fourth-order valence-electron chi connectivity index (χ4n) is 1.42. The average molecular weight is 281 g/mol. The van der Waals surface area contributed by atoms with Gasteiger partial charge < -0.3 is 5.73 Å². The highest BCUT2D eigenvalue weighted by molar-refractivity contribution is 7.91. The van der Waals surface area contributed by atoms with Crippen LogP contribution in [0.5, 0.6) is 0 Å². The lowest BCUT2D eigenvalue weighted by Gasteiger charge is -2.08. The molecule has 18 heavy (non-hydrogen) atoms. The quantitative estimate of drug-likeness (QED) is 0.863. The van der Waals surface area contributed by atoms with Gasteiger partial charge in [-0.25, -0.2) is 8.42 Å². The van der Waals surface area contributed by atoms with Gasteiger partial charge in [-0.3, -0.25) is 0 Å². The molecule has 7 heteroatoms. The zero-order valence-electron chi connectivity index (χ0n) is 9.79. The Morgan fingerprint density at radius 3 is 2.39 bits per heavy atom. The van der Waals surface area contributed by atoms with Crippen molar-refractivity contribution in [1.82, 2.24) is 0 Å². The van der Waals surface area contributed by atoms with Gasteiger partial charge in [0.25, 0.3) is 0 Å². The molecule has 0 aromatic heterocycles. The summed E-state index contributed by atoms with van der Waals surface area (Å²) < 4.78 is 59.4. The Labute approximate surface area is 104 Å². The minimum atomic E-state index is -4.33. The number of rotatable bonds is 4. The number of halogens is 3. The van der Waals surface area contributed by atoms with Gasteiger partial charge >= 0.3 is 6.18 Å². The number of sulfone groups is 1. The van der Waals surface area contributed by atoms with E-state index in [-0.39, 0.29) is 4.90 Å². The van der Waals surface area contributed by atoms with E-state index >= 15 is 0 Å². The van der Waals surface area contributed by atoms with Crippen LogP contribution in [0.25, 0.3) is 0 Å². The van der Waals surface area contributed by atoms with Crippen LogP contribution in [0.3, 0.4) is 0 Å². The smallest absolute Gasteiger partial charge is 0.389 e. The molecule has 2 N–H and O–H groups in total. The molecule has 0 heterocycles. The van der Waals surface area contributed by atoms with Crippen molar-refractivity contribution in [3.05, 3.63) is 23.8 Å². The molecule has 0 fully saturated rings. The fourth-order valence-corrected chi connectivity index (χ4v) is 2.81. The molecule has 1 aromatic rings. The molecule has 1 rings (SSSR count). The lowest BCUT2D eigenvalue weighted by Crippen LogP contribution is -2.13. The van der Waals surface area contributed by atoms with Crippen LogP contribution in [0.15, 0.2) is 23.1 Å². The summed E-state index contributed by atoms with van der Waals surface area (Å²) in [5.41, 5.74) is 6.58. The van der Waals surface area contributed by atoms with Crippen molar-refractivity contribution in [2.24, 2.45) is 0 Å². The summed E-state index contributed by atoms with van der Waals surface area (Å²) in [7, 11) is -3.68. The summed E-state index contributed by atoms with van der Waals surface area (Å²) >= 11 is 0. The molecule has 0 aliphatic rings. The number of anilines is 1. The van der Waals surface area contributed by atoms with Gasteiger partial charge in [0.2, 0.25) is 0 Å². The third kappa shape index (κ3) is 4.21. The minimum Gasteiger partial charge on any atom is -0.399 e. The highest BCUT2D eigenvalue weighted by atomic mass is 32.2. The summed E-state index contributed by atoms with van der Waals surface area (Å²) in [4.78, 5) is 0.0105. The lowest BCUT2D eigenvalue weighted by molar-refractivity contribution is -0.134. The second kappa shape index (κ2) is 5.17. The molecular formula is C11H14F3NO2S. The van der Waals surface area contributed by atoms with E-state index in [0.717, 1.165) is 0 Å². The summed E-state index contributed by atoms with van der Waals surface area (Å²) in [5, 5.41) is 0. The van der Waals surface area contributed by atoms with E-state index in [1.807, 2.05) is 0 Å². The van der Waals surface area contributed by atoms with Crippen molar-refractivity contribution in [2.45, 2.75) is 30.8 Å². The Morgan fingerprint density at radius 1 is 1.28 bits per heavy atom. The largest absolute Gasteiger partial charge is 0.399 e. The molecule has 0 aliphatic carbocycles. The van der Waals surface area contributed by atoms with Gasteiger partial charge in [0.1, 0.15) is 0 Å². The molecule has 0 saturated carbocycles. The molecular weight excluding hydrogens is 267 g/mol. The maximum absolute atomic E-state index is 11.9. The molecule has 0 spiro atoms. The predicted octanol–water partition coefficient (Wildman–Crippen LogP) is 2.69. The molecule has 0 radical (unpaired) electrons. The third-order valence-electron chi connectivity index (χ3n) is 2.47. The van der Waals surface area contributed by atoms with Crippen molar-refractivity contribution < 1.29 is 21.6 Å². The molecule has 3 nitrogen and oxygen atoms in total. The summed E-state index contributed by atoms with van der Waals surface area (Å²) in [6, 6.07) is 4.12. The van der Waals surface area contributed by atoms with Crippen LogP contribution >= 0.6 is 0 Å². The Balaban J connectivity index is 2.77. The molecule has 0 unspecified atom stereocenters. The topological polar surface area (TPSA) is 60.2 Å². The Bertz CT molecular complexity index is 524. The van der Waals surface area contributed by atoms with Crippen LogP contribution < -0.4 is 5.73 Å². The second-order valence-corrected chi connectivity index (χ2v) is 6.17. The van der Waals surface area contributed by atoms with Crippen LogP contribution in [0, 0.1) is 6.92 Å². The summed E-state index contributed by atoms with van der Waals surface area (Å²) in [6.45, 7) is 1.64. The van der Waals surface area contributed by atoms with Gasteiger partial charge in [-0.05, 0) is 37.1 Å². The monoisotopic (exact) mass is 281 g/mol. The average Bonchev–Trinajstić information content (AvgIpc) is 2.19. The zero-order valence-corrected chi connectivity index (χ0v) is 10.6. The van der Waals surface area contributed by atoms with Crippen LogP contribution in [0.1, 0.15) is 18.4 Å². The van der Waals surface area contributed by atoms with Crippen molar-refractivity contribution >= 4 is 15.5 Å². The van der Waals surface area contributed by atoms with Gasteiger partial charge in [0.05, 0.1) is 10.6 Å². The van der Waals surface area contributed by atoms with Crippen LogP contribution in [0.2, 0.25) is 0 Å². The highest BCUT2D eigenvalue weighted by Crippen LogP contribution is 2.24. The molecule has 1 aromatic carbocycles. The molecule has 102 valence electrons. The number of nitrogen functional groups attached to an aromatic ring is 1. The van der Waals surface area contributed by atoms with Crippen molar-refractivity contribution in [1.29, 1.82) is 0 Å². The van der Waals surface area contributed by atoms with E-state index in [1.165, 1.54) is 18.2 Å². The molecule has 0 saturated heterocycles. The first-order valence-corrected chi connectivity index (χ1v) is 6.93. The van der Waals surface area contributed by atoms with E-state index in [4.69, 9.17) is 5.73 Å². The first-order chi connectivity index (χ1) is 8.12. The molecule has 0 bridgehead atoms. The summed E-state index contributed by atoms with van der Waals surface area (Å²) in [5.74, 6) is -0.518. The van der Waals surface area contributed by atoms with Crippen molar-refractivity contribution in [3.63, 3.8) is 0 Å². The lowest BCUT2D eigenvalue weighted by atomic mass is 10.2. The number of nitrogens with two attached hydrogens (primary N) is 1. The van der Waals surface area contributed by atoms with E-state index < -0.39 is 34.6 Å². The fraction of sp³-hybridized carbons (Fsp3) is 0.455. The Morgan fingerprint density at radius 2 is 1.89 bits per heavy atom. The van der Waals surface area contributed by atoms with Crippen molar-refractivity contribution in [2.75, 3.05) is 11.5 Å². The third-order valence-corrected chi connectivity index (χ3v) is 4.27. The first kappa shape index (κ1) is 14.8. The number of hydrogen-bond acceptors (Lipinski definition) is 3. The SMILES string of the molecule is Cc1cc(S(=O)(=O)CCCC(F)(F)F)ccc1N. The van der Waals surface area contributed by atoms with Crippen LogP contribution in [0.4, 0.5) is 18.9 Å². The molecule has 0 atom stereocenters. The van der Waals surface area contributed by atoms with Crippen molar-refractivity contribution in [3.8, 4) is 0 Å². The number of alkyl halides is 3. The van der Waals surface area contributed by atoms with Crippen LogP contribution in [-0.2, 0) is 9.84 Å². The van der Waals surface area contributed by atoms with Gasteiger partial charge in [0, 0.05) is 12.1 Å². The molecule has 0 amide bonds. The van der Waals surface area contributed by atoms with Gasteiger partial charge in [0.15, 0.2) is 9.84 Å². The first-order valence-electron chi connectivity index (χ1n) is 5.27. The minimum absolute atomic E-state index is 0.0105. The highest BCUT2D eigenvalue weighted by Gasteiger charge is 2.27. The van der Waals surface area contributed by atoms with Gasteiger partial charge in [-0.2, -0.15) is 13.2 Å². The zero-order chi connectivity index (χ0) is 14.0. The maximum atomic E-state index is 11.9.